The van der Waals surface area contributed by atoms with E-state index in [1.54, 1.807) is 0 Å². The Kier molecular flexibility index (Phi) is 7.10. The summed E-state index contributed by atoms with van der Waals surface area (Å²) in [6.07, 6.45) is 6.59. The first-order chi connectivity index (χ1) is 9.10. The summed E-state index contributed by atoms with van der Waals surface area (Å²) in [7, 11) is 6.28. The van der Waals surface area contributed by atoms with Crippen molar-refractivity contribution in [1.82, 2.24) is 20.0 Å². The first-order valence-electron chi connectivity index (χ1n) is 7.46. The van der Waals surface area contributed by atoms with Crippen molar-refractivity contribution in [3.63, 3.8) is 0 Å². The highest BCUT2D eigenvalue weighted by atomic mass is 15.3. The molecule has 19 heavy (non-hydrogen) atoms. The van der Waals surface area contributed by atoms with Gasteiger partial charge >= 0.3 is 0 Å². The van der Waals surface area contributed by atoms with Gasteiger partial charge in [0.2, 0.25) is 0 Å². The minimum absolute atomic E-state index is 0.507. The van der Waals surface area contributed by atoms with Gasteiger partial charge in [-0.2, -0.15) is 5.10 Å². The van der Waals surface area contributed by atoms with Gasteiger partial charge in [-0.25, -0.2) is 0 Å². The lowest BCUT2D eigenvalue weighted by Gasteiger charge is -2.18. The van der Waals surface area contributed by atoms with Gasteiger partial charge in [0.15, 0.2) is 0 Å². The molecule has 4 nitrogen and oxygen atoms in total. The molecule has 0 saturated heterocycles. The molecule has 0 aliphatic rings. The van der Waals surface area contributed by atoms with Crippen molar-refractivity contribution in [1.29, 1.82) is 0 Å². The minimum Gasteiger partial charge on any atom is -0.317 e. The molecule has 1 rings (SSSR count). The SMILES string of the molecule is CCC(CC)n1ccc(CC(CCN(C)C)NC)n1. The Morgan fingerprint density at radius 3 is 2.53 bits per heavy atom. The summed E-state index contributed by atoms with van der Waals surface area (Å²) in [6, 6.07) is 3.22. The van der Waals surface area contributed by atoms with Crippen molar-refractivity contribution in [3.05, 3.63) is 18.0 Å². The Bertz CT molecular complexity index is 342. The zero-order valence-corrected chi connectivity index (χ0v) is 13.2. The highest BCUT2D eigenvalue weighted by Gasteiger charge is 2.12. The lowest BCUT2D eigenvalue weighted by Crippen LogP contribution is -2.31. The normalized spacial score (nSPS) is 13.4. The molecule has 110 valence electrons. The van der Waals surface area contributed by atoms with E-state index in [9.17, 15) is 0 Å². The quantitative estimate of drug-likeness (QED) is 0.744. The number of hydrogen-bond acceptors (Lipinski definition) is 3. The zero-order valence-electron chi connectivity index (χ0n) is 13.2. The molecular weight excluding hydrogens is 236 g/mol. The second kappa shape index (κ2) is 8.33. The molecular formula is C15H30N4. The van der Waals surface area contributed by atoms with Crippen LogP contribution >= 0.6 is 0 Å². The Morgan fingerprint density at radius 1 is 1.32 bits per heavy atom. The molecule has 1 atom stereocenters. The van der Waals surface area contributed by atoms with Crippen LogP contribution in [0.5, 0.6) is 0 Å². The van der Waals surface area contributed by atoms with Crippen molar-refractivity contribution in [2.45, 2.75) is 51.6 Å². The molecule has 0 aromatic carbocycles. The zero-order chi connectivity index (χ0) is 14.3. The maximum absolute atomic E-state index is 4.73. The minimum atomic E-state index is 0.507. The van der Waals surface area contributed by atoms with Crippen LogP contribution in [-0.2, 0) is 6.42 Å². The Hall–Kier alpha value is -0.870. The molecule has 0 fully saturated rings. The van der Waals surface area contributed by atoms with Crippen molar-refractivity contribution in [3.8, 4) is 0 Å². The monoisotopic (exact) mass is 266 g/mol. The average molecular weight is 266 g/mol. The second-order valence-electron chi connectivity index (χ2n) is 5.54. The van der Waals surface area contributed by atoms with E-state index >= 15 is 0 Å². The van der Waals surface area contributed by atoms with E-state index in [1.807, 2.05) is 7.05 Å². The first-order valence-corrected chi connectivity index (χ1v) is 7.46. The third-order valence-corrected chi connectivity index (χ3v) is 3.77. The molecule has 0 aliphatic heterocycles. The van der Waals surface area contributed by atoms with Crippen LogP contribution in [0.15, 0.2) is 12.3 Å². The van der Waals surface area contributed by atoms with Gasteiger partial charge in [-0.15, -0.1) is 0 Å². The van der Waals surface area contributed by atoms with Gasteiger partial charge in [0.1, 0.15) is 0 Å². The summed E-state index contributed by atoms with van der Waals surface area (Å²) in [5.74, 6) is 0. The van der Waals surface area contributed by atoms with Gasteiger partial charge in [-0.3, -0.25) is 4.68 Å². The molecule has 1 aromatic heterocycles. The lowest BCUT2D eigenvalue weighted by atomic mass is 10.1. The van der Waals surface area contributed by atoms with Crippen LogP contribution in [0.3, 0.4) is 0 Å². The van der Waals surface area contributed by atoms with Gasteiger partial charge < -0.3 is 10.2 Å². The molecule has 0 radical (unpaired) electrons. The number of likely N-dealkylation sites (N-methyl/N-ethyl adjacent to an activating group) is 1. The number of hydrogen-bond donors (Lipinski definition) is 1. The van der Waals surface area contributed by atoms with Crippen LogP contribution < -0.4 is 5.32 Å². The third-order valence-electron chi connectivity index (χ3n) is 3.77. The van der Waals surface area contributed by atoms with Crippen LogP contribution in [0.4, 0.5) is 0 Å². The molecule has 4 heteroatoms. The molecule has 1 N–H and O–H groups in total. The van der Waals surface area contributed by atoms with Crippen LogP contribution in [0.1, 0.15) is 44.8 Å². The van der Waals surface area contributed by atoms with E-state index in [1.165, 1.54) is 5.69 Å². The van der Waals surface area contributed by atoms with Gasteiger partial charge in [-0.1, -0.05) is 13.8 Å². The van der Waals surface area contributed by atoms with E-state index < -0.39 is 0 Å². The third kappa shape index (κ3) is 5.33. The van der Waals surface area contributed by atoms with Crippen LogP contribution in [0, 0.1) is 0 Å². The summed E-state index contributed by atoms with van der Waals surface area (Å²) in [4.78, 5) is 2.23. The van der Waals surface area contributed by atoms with Gasteiger partial charge in [0, 0.05) is 18.7 Å². The molecule has 0 aliphatic carbocycles. The molecule has 0 bridgehead atoms. The van der Waals surface area contributed by atoms with Crippen LogP contribution in [-0.4, -0.2) is 48.4 Å². The highest BCUT2D eigenvalue weighted by Crippen LogP contribution is 2.15. The molecule has 1 unspecified atom stereocenters. The van der Waals surface area contributed by atoms with E-state index in [-0.39, 0.29) is 0 Å². The van der Waals surface area contributed by atoms with Gasteiger partial charge in [0.25, 0.3) is 0 Å². The molecule has 0 amide bonds. The molecule has 1 heterocycles. The number of nitrogens with one attached hydrogen (secondary N) is 1. The smallest absolute Gasteiger partial charge is 0.0640 e. The molecule has 0 spiro atoms. The number of rotatable bonds is 9. The maximum atomic E-state index is 4.73. The maximum Gasteiger partial charge on any atom is 0.0640 e. The van der Waals surface area contributed by atoms with Crippen molar-refractivity contribution < 1.29 is 0 Å². The van der Waals surface area contributed by atoms with Crippen molar-refractivity contribution in [2.24, 2.45) is 0 Å². The fourth-order valence-corrected chi connectivity index (χ4v) is 2.37. The predicted octanol–water partition coefficient (Wildman–Crippen LogP) is 2.33. The standard InChI is InChI=1S/C15H30N4/c1-6-15(7-2)19-11-9-14(17-19)12-13(16-3)8-10-18(4)5/h9,11,13,15-16H,6-8,10,12H2,1-5H3. The summed E-state index contributed by atoms with van der Waals surface area (Å²) in [5.41, 5.74) is 1.20. The molecule has 1 aromatic rings. The van der Waals surface area contributed by atoms with Crippen molar-refractivity contribution >= 4 is 0 Å². The summed E-state index contributed by atoms with van der Waals surface area (Å²) >= 11 is 0. The fraction of sp³-hybridized carbons (Fsp3) is 0.800. The van der Waals surface area contributed by atoms with Crippen LogP contribution in [0.2, 0.25) is 0 Å². The second-order valence-corrected chi connectivity index (χ2v) is 5.54. The lowest BCUT2D eigenvalue weighted by molar-refractivity contribution is 0.362. The fourth-order valence-electron chi connectivity index (χ4n) is 2.37. The Balaban J connectivity index is 2.55. The van der Waals surface area contributed by atoms with E-state index in [0.29, 0.717) is 12.1 Å². The molecule has 0 saturated carbocycles. The summed E-state index contributed by atoms with van der Waals surface area (Å²) < 4.78 is 2.13. The van der Waals surface area contributed by atoms with E-state index in [4.69, 9.17) is 5.10 Å². The van der Waals surface area contributed by atoms with Gasteiger partial charge in [-0.05, 0) is 53.0 Å². The Labute approximate surface area is 118 Å². The predicted molar refractivity (Wildman–Crippen MR) is 81.6 cm³/mol. The highest BCUT2D eigenvalue weighted by molar-refractivity contribution is 5.02. The summed E-state index contributed by atoms with van der Waals surface area (Å²) in [5, 5.41) is 8.13. The van der Waals surface area contributed by atoms with E-state index in [2.05, 4.69) is 55.1 Å². The first kappa shape index (κ1) is 16.2. The topological polar surface area (TPSA) is 33.1 Å². The van der Waals surface area contributed by atoms with Crippen molar-refractivity contribution in [2.75, 3.05) is 27.7 Å². The largest absolute Gasteiger partial charge is 0.317 e. The average Bonchev–Trinajstić information content (AvgIpc) is 2.84. The number of aromatic nitrogens is 2. The summed E-state index contributed by atoms with van der Waals surface area (Å²) in [6.45, 7) is 5.56. The van der Waals surface area contributed by atoms with Gasteiger partial charge in [0.05, 0.1) is 11.7 Å². The van der Waals surface area contributed by atoms with E-state index in [0.717, 1.165) is 32.2 Å². The Morgan fingerprint density at radius 2 is 2.00 bits per heavy atom. The number of nitrogens with zero attached hydrogens (tertiary/aromatic N) is 3. The van der Waals surface area contributed by atoms with Crippen LogP contribution in [0.25, 0.3) is 0 Å².